The smallest absolute Gasteiger partial charge is 0.313 e. The first kappa shape index (κ1) is 18.4. The Balaban J connectivity index is 1.36. The van der Waals surface area contributed by atoms with Crippen LogP contribution in [0.2, 0.25) is 5.02 Å². The van der Waals surface area contributed by atoms with Gasteiger partial charge >= 0.3 is 6.03 Å². The van der Waals surface area contributed by atoms with Crippen LogP contribution in [0.5, 0.6) is 0 Å². The van der Waals surface area contributed by atoms with Crippen molar-refractivity contribution in [2.75, 3.05) is 29.9 Å². The molecule has 7 nitrogen and oxygen atoms in total. The molecule has 1 fully saturated rings. The van der Waals surface area contributed by atoms with Crippen LogP contribution < -0.4 is 10.2 Å². The fourth-order valence-corrected chi connectivity index (χ4v) is 3.76. The molecule has 1 N–H and O–H groups in total. The fourth-order valence-electron chi connectivity index (χ4n) is 2.90. The molecule has 0 bridgehead atoms. The first-order valence-corrected chi connectivity index (χ1v) is 9.84. The second-order valence-corrected chi connectivity index (χ2v) is 7.45. The summed E-state index contributed by atoms with van der Waals surface area (Å²) in [7, 11) is 0. The van der Waals surface area contributed by atoms with E-state index in [0.29, 0.717) is 23.2 Å². The van der Waals surface area contributed by atoms with Crippen molar-refractivity contribution in [3.05, 3.63) is 59.2 Å². The summed E-state index contributed by atoms with van der Waals surface area (Å²) in [5, 5.41) is 5.72. The lowest BCUT2D eigenvalue weighted by atomic mass is 10.2. The maximum Gasteiger partial charge on any atom is 0.325 e. The molecule has 3 heterocycles. The second kappa shape index (κ2) is 7.95. The van der Waals surface area contributed by atoms with Crippen LogP contribution >= 0.6 is 22.9 Å². The molecular formula is C19H16ClN5O2S. The molecule has 0 atom stereocenters. The molecule has 0 spiro atoms. The molecule has 2 aromatic heterocycles. The number of hydrogen-bond donors (Lipinski definition) is 1. The van der Waals surface area contributed by atoms with Crippen LogP contribution in [0.1, 0.15) is 0 Å². The number of amides is 3. The number of nitrogens with one attached hydrogen (secondary N) is 1. The van der Waals surface area contributed by atoms with E-state index >= 15 is 0 Å². The van der Waals surface area contributed by atoms with Crippen molar-refractivity contribution in [3.8, 4) is 11.3 Å². The van der Waals surface area contributed by atoms with Gasteiger partial charge in [-0.1, -0.05) is 11.6 Å². The average Bonchev–Trinajstić information content (AvgIpc) is 3.31. The molecule has 0 unspecified atom stereocenters. The van der Waals surface area contributed by atoms with Crippen LogP contribution in [0.3, 0.4) is 0 Å². The molecular weight excluding hydrogens is 398 g/mol. The Labute approximate surface area is 170 Å². The van der Waals surface area contributed by atoms with Gasteiger partial charge in [0.1, 0.15) is 6.54 Å². The molecule has 0 saturated carbocycles. The van der Waals surface area contributed by atoms with Crippen LogP contribution in [0.4, 0.5) is 15.6 Å². The molecule has 4 rings (SSSR count). The molecule has 1 saturated heterocycles. The summed E-state index contributed by atoms with van der Waals surface area (Å²) in [6.45, 7) is 0.981. The minimum atomic E-state index is -0.279. The Hall–Kier alpha value is -2.97. The lowest BCUT2D eigenvalue weighted by Crippen LogP contribution is -2.37. The molecule has 1 aliphatic rings. The Morgan fingerprint density at radius 2 is 2.04 bits per heavy atom. The summed E-state index contributed by atoms with van der Waals surface area (Å²) >= 11 is 7.23. The summed E-state index contributed by atoms with van der Waals surface area (Å²) in [6, 6.07) is 10.6. The van der Waals surface area contributed by atoms with Gasteiger partial charge in [-0.15, -0.1) is 11.3 Å². The van der Waals surface area contributed by atoms with Gasteiger partial charge in [0.05, 0.1) is 5.69 Å². The monoisotopic (exact) mass is 413 g/mol. The topological polar surface area (TPSA) is 78.4 Å². The number of anilines is 2. The van der Waals surface area contributed by atoms with Gasteiger partial charge in [0, 0.05) is 47.1 Å². The number of carbonyl (C=O) groups excluding carboxylic acids is 2. The molecule has 142 valence electrons. The number of nitrogens with zero attached hydrogens (tertiary/aromatic N) is 4. The first-order valence-electron chi connectivity index (χ1n) is 8.58. The molecule has 28 heavy (non-hydrogen) atoms. The number of hydrogen-bond acceptors (Lipinski definition) is 5. The third-order valence-electron chi connectivity index (χ3n) is 4.28. The van der Waals surface area contributed by atoms with Gasteiger partial charge < -0.3 is 10.2 Å². The van der Waals surface area contributed by atoms with Crippen LogP contribution in [0.15, 0.2) is 54.2 Å². The largest absolute Gasteiger partial charge is 0.325 e. The number of carbonyl (C=O) groups is 2. The zero-order valence-electron chi connectivity index (χ0n) is 14.7. The number of halogens is 1. The quantitative estimate of drug-likeness (QED) is 0.691. The highest BCUT2D eigenvalue weighted by Gasteiger charge is 2.30. The summed E-state index contributed by atoms with van der Waals surface area (Å²) < 4.78 is 0. The maximum absolute atomic E-state index is 12.6. The van der Waals surface area contributed by atoms with Gasteiger partial charge in [0.25, 0.3) is 0 Å². The Morgan fingerprint density at radius 1 is 1.21 bits per heavy atom. The van der Waals surface area contributed by atoms with Crippen molar-refractivity contribution in [3.63, 3.8) is 0 Å². The SMILES string of the molecule is O=C(CN1CCN(c2ccc(Cl)cc2)C1=O)Nc1nc(-c2cccnc2)cs1. The zero-order chi connectivity index (χ0) is 19.5. The number of pyridine rings is 1. The van der Waals surface area contributed by atoms with Crippen molar-refractivity contribution in [1.29, 1.82) is 0 Å². The van der Waals surface area contributed by atoms with E-state index in [0.717, 1.165) is 16.9 Å². The van der Waals surface area contributed by atoms with Crippen molar-refractivity contribution in [2.45, 2.75) is 0 Å². The predicted octanol–water partition coefficient (Wildman–Crippen LogP) is 3.74. The summed E-state index contributed by atoms with van der Waals surface area (Å²) in [5.74, 6) is -0.279. The van der Waals surface area contributed by atoms with Crippen LogP contribution in [-0.2, 0) is 4.79 Å². The minimum absolute atomic E-state index is 0.0231. The van der Waals surface area contributed by atoms with Gasteiger partial charge in [-0.05, 0) is 36.4 Å². The van der Waals surface area contributed by atoms with Crippen LogP contribution in [0, 0.1) is 0 Å². The van der Waals surface area contributed by atoms with Gasteiger partial charge in [-0.3, -0.25) is 14.7 Å². The summed E-state index contributed by atoms with van der Waals surface area (Å²) in [6.07, 6.45) is 3.41. The molecule has 0 aliphatic carbocycles. The van der Waals surface area contributed by atoms with E-state index < -0.39 is 0 Å². The van der Waals surface area contributed by atoms with E-state index in [1.807, 2.05) is 17.5 Å². The van der Waals surface area contributed by atoms with Crippen molar-refractivity contribution >= 4 is 45.7 Å². The second-order valence-electron chi connectivity index (χ2n) is 6.16. The minimum Gasteiger partial charge on any atom is -0.313 e. The molecule has 9 heteroatoms. The Morgan fingerprint density at radius 3 is 2.79 bits per heavy atom. The van der Waals surface area contributed by atoms with Crippen LogP contribution in [-0.4, -0.2) is 46.4 Å². The maximum atomic E-state index is 12.6. The van der Waals surface area contributed by atoms with Gasteiger partial charge in [-0.2, -0.15) is 0 Å². The summed E-state index contributed by atoms with van der Waals surface area (Å²) in [5.41, 5.74) is 2.39. The van der Waals surface area contributed by atoms with Gasteiger partial charge in [0.15, 0.2) is 5.13 Å². The van der Waals surface area contributed by atoms with E-state index in [2.05, 4.69) is 15.3 Å². The highest BCUT2D eigenvalue weighted by Crippen LogP contribution is 2.25. The molecule has 3 amide bonds. The average molecular weight is 414 g/mol. The van der Waals surface area contributed by atoms with Crippen molar-refractivity contribution in [2.24, 2.45) is 0 Å². The predicted molar refractivity (Wildman–Crippen MR) is 110 cm³/mol. The number of benzene rings is 1. The highest BCUT2D eigenvalue weighted by atomic mass is 35.5. The molecule has 1 aromatic carbocycles. The third kappa shape index (κ3) is 3.97. The number of aromatic nitrogens is 2. The number of rotatable bonds is 5. The normalized spacial score (nSPS) is 13.8. The standard InChI is InChI=1S/C19H16ClN5O2S/c20-14-3-5-15(6-4-14)25-9-8-24(19(25)27)11-17(26)23-18-22-16(12-28-18)13-2-1-7-21-10-13/h1-7,10,12H,8-9,11H2,(H,22,23,26). The fraction of sp³-hybridized carbons (Fsp3) is 0.158. The number of urea groups is 1. The summed E-state index contributed by atoms with van der Waals surface area (Å²) in [4.78, 5) is 36.6. The van der Waals surface area contributed by atoms with E-state index in [1.54, 1.807) is 41.6 Å². The molecule has 3 aromatic rings. The van der Waals surface area contributed by atoms with Crippen molar-refractivity contribution < 1.29 is 9.59 Å². The lowest BCUT2D eigenvalue weighted by Gasteiger charge is -2.18. The first-order chi connectivity index (χ1) is 13.6. The molecule has 0 radical (unpaired) electrons. The van der Waals surface area contributed by atoms with Gasteiger partial charge in [0.2, 0.25) is 5.91 Å². The highest BCUT2D eigenvalue weighted by molar-refractivity contribution is 7.14. The van der Waals surface area contributed by atoms with E-state index in [9.17, 15) is 9.59 Å². The van der Waals surface area contributed by atoms with E-state index in [1.165, 1.54) is 16.2 Å². The molecule has 1 aliphatic heterocycles. The zero-order valence-corrected chi connectivity index (χ0v) is 16.3. The van der Waals surface area contributed by atoms with Crippen LogP contribution in [0.25, 0.3) is 11.3 Å². The third-order valence-corrected chi connectivity index (χ3v) is 5.29. The van der Waals surface area contributed by atoms with Gasteiger partial charge in [-0.25, -0.2) is 9.78 Å². The van der Waals surface area contributed by atoms with Crippen molar-refractivity contribution in [1.82, 2.24) is 14.9 Å². The Bertz CT molecular complexity index is 993. The lowest BCUT2D eigenvalue weighted by molar-refractivity contribution is -0.116. The van der Waals surface area contributed by atoms with E-state index in [4.69, 9.17) is 11.6 Å². The number of thiazole rings is 1. The van der Waals surface area contributed by atoms with E-state index in [-0.39, 0.29) is 18.5 Å². The Kier molecular flexibility index (Phi) is 5.23.